The first-order valence-corrected chi connectivity index (χ1v) is 5.68. The van der Waals surface area contributed by atoms with Crippen LogP contribution in [0.5, 0.6) is 5.75 Å². The molecule has 1 saturated carbocycles. The molecule has 3 heteroatoms. The number of nitrogens with one attached hydrogen (secondary N) is 1. The average Bonchev–Trinajstić information content (AvgIpc) is 2.94. The second kappa shape index (κ2) is 4.32. The molecule has 0 aliphatic heterocycles. The molecule has 76 valence electrons. The second-order valence-corrected chi connectivity index (χ2v) is 4.52. The molecule has 1 aliphatic carbocycles. The van der Waals surface area contributed by atoms with E-state index in [2.05, 4.69) is 27.3 Å². The molecule has 2 nitrogen and oxygen atoms in total. The fraction of sp³-hybridized carbons (Fsp3) is 0.455. The fourth-order valence-electron chi connectivity index (χ4n) is 1.36. The number of hydrogen-bond acceptors (Lipinski definition) is 2. The molecule has 0 aromatic heterocycles. The highest BCUT2D eigenvalue weighted by atomic mass is 79.9. The molecule has 0 unspecified atom stereocenters. The monoisotopic (exact) mass is 255 g/mol. The Morgan fingerprint density at radius 3 is 2.93 bits per heavy atom. The Hall–Kier alpha value is -0.540. The van der Waals surface area contributed by atoms with Gasteiger partial charge in [-0.25, -0.2) is 0 Å². The topological polar surface area (TPSA) is 21.3 Å². The summed E-state index contributed by atoms with van der Waals surface area (Å²) in [6.45, 7) is 0.849. The Bertz CT molecular complexity index is 323. The Labute approximate surface area is 92.8 Å². The van der Waals surface area contributed by atoms with Crippen LogP contribution in [0, 0.1) is 0 Å². The number of hydrogen-bond donors (Lipinski definition) is 1. The quantitative estimate of drug-likeness (QED) is 0.894. The van der Waals surface area contributed by atoms with Gasteiger partial charge in [-0.05, 0) is 38.1 Å². The van der Waals surface area contributed by atoms with Crippen molar-refractivity contribution in [3.05, 3.63) is 28.2 Å². The van der Waals surface area contributed by atoms with Crippen LogP contribution in [0.15, 0.2) is 22.7 Å². The Morgan fingerprint density at radius 2 is 2.29 bits per heavy atom. The molecule has 0 radical (unpaired) electrons. The summed E-state index contributed by atoms with van der Waals surface area (Å²) in [4.78, 5) is 0. The summed E-state index contributed by atoms with van der Waals surface area (Å²) in [5.41, 5.74) is 1.22. The zero-order valence-electron chi connectivity index (χ0n) is 8.22. The fourth-order valence-corrected chi connectivity index (χ4v) is 1.77. The molecular weight excluding hydrogens is 242 g/mol. The SMILES string of the molecule is CNCc1cc(Br)ccc1OC1CC1. The minimum atomic E-state index is 0.465. The molecule has 0 amide bonds. The Kier molecular flexibility index (Phi) is 3.08. The Balaban J connectivity index is 2.17. The van der Waals surface area contributed by atoms with Gasteiger partial charge in [0.25, 0.3) is 0 Å². The molecule has 0 bridgehead atoms. The van der Waals surface area contributed by atoms with Crippen molar-refractivity contribution in [3.63, 3.8) is 0 Å². The lowest BCUT2D eigenvalue weighted by molar-refractivity contribution is 0.299. The molecule has 0 saturated heterocycles. The van der Waals surface area contributed by atoms with Crippen molar-refractivity contribution in [1.82, 2.24) is 5.32 Å². The van der Waals surface area contributed by atoms with E-state index in [1.165, 1.54) is 18.4 Å². The van der Waals surface area contributed by atoms with Gasteiger partial charge in [0, 0.05) is 16.6 Å². The van der Waals surface area contributed by atoms with Crippen molar-refractivity contribution >= 4 is 15.9 Å². The van der Waals surface area contributed by atoms with Crippen molar-refractivity contribution in [2.75, 3.05) is 7.05 Å². The smallest absolute Gasteiger partial charge is 0.124 e. The summed E-state index contributed by atoms with van der Waals surface area (Å²) >= 11 is 3.46. The van der Waals surface area contributed by atoms with Gasteiger partial charge in [0.1, 0.15) is 5.75 Å². The summed E-state index contributed by atoms with van der Waals surface area (Å²) < 4.78 is 6.91. The maximum absolute atomic E-state index is 5.80. The van der Waals surface area contributed by atoms with Gasteiger partial charge in [-0.1, -0.05) is 15.9 Å². The van der Waals surface area contributed by atoms with Gasteiger partial charge in [-0.15, -0.1) is 0 Å². The highest BCUT2D eigenvalue weighted by Gasteiger charge is 2.24. The molecule has 1 N–H and O–H groups in total. The van der Waals surface area contributed by atoms with Crippen molar-refractivity contribution < 1.29 is 4.74 Å². The third-order valence-electron chi connectivity index (χ3n) is 2.21. The standard InChI is InChI=1S/C11H14BrNO/c1-13-7-8-6-9(12)2-5-11(8)14-10-3-4-10/h2,5-6,10,13H,3-4,7H2,1H3. The summed E-state index contributed by atoms with van der Waals surface area (Å²) in [5, 5.41) is 3.14. The lowest BCUT2D eigenvalue weighted by Crippen LogP contribution is -2.08. The first-order chi connectivity index (χ1) is 6.79. The van der Waals surface area contributed by atoms with Crippen LogP contribution < -0.4 is 10.1 Å². The largest absolute Gasteiger partial charge is 0.490 e. The van der Waals surface area contributed by atoms with Gasteiger partial charge < -0.3 is 10.1 Å². The van der Waals surface area contributed by atoms with Crippen LogP contribution >= 0.6 is 15.9 Å². The zero-order chi connectivity index (χ0) is 9.97. The lowest BCUT2D eigenvalue weighted by atomic mass is 10.2. The average molecular weight is 256 g/mol. The van der Waals surface area contributed by atoms with Crippen LogP contribution in [0.3, 0.4) is 0 Å². The van der Waals surface area contributed by atoms with Crippen molar-refractivity contribution in [2.24, 2.45) is 0 Å². The van der Waals surface area contributed by atoms with E-state index < -0.39 is 0 Å². The first kappa shape index (κ1) is 9.99. The predicted octanol–water partition coefficient (Wildman–Crippen LogP) is 2.71. The number of ether oxygens (including phenoxy) is 1. The van der Waals surface area contributed by atoms with Gasteiger partial charge in [-0.3, -0.25) is 0 Å². The van der Waals surface area contributed by atoms with Gasteiger partial charge in [0.15, 0.2) is 0 Å². The van der Waals surface area contributed by atoms with E-state index in [-0.39, 0.29) is 0 Å². The lowest BCUT2D eigenvalue weighted by Gasteiger charge is -2.10. The van der Waals surface area contributed by atoms with Crippen LogP contribution in [0.25, 0.3) is 0 Å². The van der Waals surface area contributed by atoms with Gasteiger partial charge in [-0.2, -0.15) is 0 Å². The summed E-state index contributed by atoms with van der Waals surface area (Å²) in [6, 6.07) is 6.17. The molecule has 14 heavy (non-hydrogen) atoms. The second-order valence-electron chi connectivity index (χ2n) is 3.60. The van der Waals surface area contributed by atoms with E-state index in [1.54, 1.807) is 0 Å². The normalized spacial score (nSPS) is 15.6. The third kappa shape index (κ3) is 2.49. The summed E-state index contributed by atoms with van der Waals surface area (Å²) in [6.07, 6.45) is 2.87. The van der Waals surface area contributed by atoms with Gasteiger partial charge in [0.05, 0.1) is 6.10 Å². The molecule has 1 aromatic rings. The third-order valence-corrected chi connectivity index (χ3v) is 2.70. The number of benzene rings is 1. The zero-order valence-corrected chi connectivity index (χ0v) is 9.80. The van der Waals surface area contributed by atoms with Crippen molar-refractivity contribution in [2.45, 2.75) is 25.5 Å². The molecule has 1 aromatic carbocycles. The van der Waals surface area contributed by atoms with E-state index >= 15 is 0 Å². The van der Waals surface area contributed by atoms with Gasteiger partial charge >= 0.3 is 0 Å². The van der Waals surface area contributed by atoms with Crippen molar-refractivity contribution in [3.8, 4) is 5.75 Å². The van der Waals surface area contributed by atoms with Crippen LogP contribution in [0.4, 0.5) is 0 Å². The summed E-state index contributed by atoms with van der Waals surface area (Å²) in [7, 11) is 1.95. The first-order valence-electron chi connectivity index (χ1n) is 4.89. The van der Waals surface area contributed by atoms with E-state index in [9.17, 15) is 0 Å². The molecule has 2 rings (SSSR count). The maximum atomic E-state index is 5.80. The van der Waals surface area contributed by atoms with E-state index in [0.717, 1.165) is 16.8 Å². The Morgan fingerprint density at radius 1 is 1.50 bits per heavy atom. The van der Waals surface area contributed by atoms with Crippen LogP contribution in [-0.4, -0.2) is 13.2 Å². The van der Waals surface area contributed by atoms with Gasteiger partial charge in [0.2, 0.25) is 0 Å². The minimum absolute atomic E-state index is 0.465. The highest BCUT2D eigenvalue weighted by Crippen LogP contribution is 2.30. The predicted molar refractivity (Wildman–Crippen MR) is 60.6 cm³/mol. The molecule has 1 aliphatic rings. The number of rotatable bonds is 4. The van der Waals surface area contributed by atoms with Crippen LogP contribution in [0.1, 0.15) is 18.4 Å². The summed E-state index contributed by atoms with van der Waals surface area (Å²) in [5.74, 6) is 1.02. The highest BCUT2D eigenvalue weighted by molar-refractivity contribution is 9.10. The molecule has 0 atom stereocenters. The number of halogens is 1. The maximum Gasteiger partial charge on any atom is 0.124 e. The van der Waals surface area contributed by atoms with Crippen molar-refractivity contribution in [1.29, 1.82) is 0 Å². The van der Waals surface area contributed by atoms with Crippen LogP contribution in [-0.2, 0) is 6.54 Å². The van der Waals surface area contributed by atoms with E-state index in [0.29, 0.717) is 6.10 Å². The molecule has 1 fully saturated rings. The van der Waals surface area contributed by atoms with E-state index in [4.69, 9.17) is 4.74 Å². The molecular formula is C11H14BrNO. The molecule has 0 heterocycles. The van der Waals surface area contributed by atoms with E-state index in [1.807, 2.05) is 19.2 Å². The van der Waals surface area contributed by atoms with Crippen LogP contribution in [0.2, 0.25) is 0 Å². The minimum Gasteiger partial charge on any atom is -0.490 e. The molecule has 0 spiro atoms.